The van der Waals surface area contributed by atoms with E-state index in [2.05, 4.69) is 61.6 Å². The van der Waals surface area contributed by atoms with Gasteiger partial charge in [-0.15, -0.1) is 5.10 Å². The molecular weight excluding hydrogens is 530 g/mol. The Morgan fingerprint density at radius 2 is 1.84 bits per heavy atom. The average molecular weight is 558 g/mol. The molecule has 0 saturated carbocycles. The van der Waals surface area contributed by atoms with Crippen LogP contribution < -0.4 is 10.2 Å². The van der Waals surface area contributed by atoms with Gasteiger partial charge in [0.15, 0.2) is 17.0 Å². The van der Waals surface area contributed by atoms with Crippen molar-refractivity contribution < 1.29 is 0 Å². The van der Waals surface area contributed by atoms with Gasteiger partial charge in [-0.25, -0.2) is 9.67 Å². The summed E-state index contributed by atoms with van der Waals surface area (Å²) in [5.41, 5.74) is 5.69. The average Bonchev–Trinajstić information content (AvgIpc) is 3.56. The van der Waals surface area contributed by atoms with E-state index in [9.17, 15) is 0 Å². The summed E-state index contributed by atoms with van der Waals surface area (Å²) in [5, 5.41) is 12.3. The predicted molar refractivity (Wildman–Crippen MR) is 148 cm³/mol. The van der Waals surface area contributed by atoms with Crippen molar-refractivity contribution in [3.8, 4) is 5.69 Å². The number of anilines is 2. The lowest BCUT2D eigenvalue weighted by atomic mass is 10.1. The summed E-state index contributed by atoms with van der Waals surface area (Å²) in [6, 6.07) is 16.4. The van der Waals surface area contributed by atoms with E-state index in [1.165, 1.54) is 12.0 Å². The smallest absolute Gasteiger partial charge is 0.229 e. The molecule has 9 nitrogen and oxygen atoms in total. The second-order valence-corrected chi connectivity index (χ2v) is 10.3. The number of nitrogens with zero attached hydrogens (tertiary/aromatic N) is 8. The first-order valence-corrected chi connectivity index (χ1v) is 13.4. The summed E-state index contributed by atoms with van der Waals surface area (Å²) in [5.74, 6) is 1.50. The minimum absolute atomic E-state index is 0.515. The highest BCUT2D eigenvalue weighted by Crippen LogP contribution is 2.26. The van der Waals surface area contributed by atoms with Crippen molar-refractivity contribution in [3.63, 3.8) is 0 Å². The van der Waals surface area contributed by atoms with Crippen molar-refractivity contribution in [2.24, 2.45) is 0 Å². The molecular formula is C27H28BrN9. The maximum Gasteiger partial charge on any atom is 0.229 e. The molecule has 2 aromatic carbocycles. The highest BCUT2D eigenvalue weighted by Gasteiger charge is 2.20. The quantitative estimate of drug-likeness (QED) is 0.296. The fourth-order valence-corrected chi connectivity index (χ4v) is 5.20. The largest absolute Gasteiger partial charge is 0.364 e. The third kappa shape index (κ3) is 5.06. The van der Waals surface area contributed by atoms with Crippen LogP contribution in [0.1, 0.15) is 36.1 Å². The Hall–Kier alpha value is -3.79. The third-order valence-corrected chi connectivity index (χ3v) is 7.17. The number of nitrogens with one attached hydrogen (secondary N) is 1. The van der Waals surface area contributed by atoms with E-state index in [1.54, 1.807) is 0 Å². The second-order valence-electron chi connectivity index (χ2n) is 9.39. The highest BCUT2D eigenvalue weighted by atomic mass is 79.9. The number of rotatable bonds is 7. The van der Waals surface area contributed by atoms with Crippen LogP contribution in [-0.2, 0) is 13.1 Å². The fourth-order valence-electron chi connectivity index (χ4n) is 4.73. The van der Waals surface area contributed by atoms with Crippen molar-refractivity contribution in [3.05, 3.63) is 82.3 Å². The highest BCUT2D eigenvalue weighted by molar-refractivity contribution is 9.10. The van der Waals surface area contributed by atoms with E-state index < -0.39 is 0 Å². The lowest BCUT2D eigenvalue weighted by Gasteiger charge is -2.27. The van der Waals surface area contributed by atoms with Crippen LogP contribution in [0.15, 0.2) is 65.5 Å². The SMILES string of the molecule is Cc1cc(Br)ccc1-n1cc(Cn2cnc3c(NCc4ccccc4)nc(N4CCCCC4)nc32)nn1. The molecule has 1 N–H and O–H groups in total. The molecule has 0 unspecified atom stereocenters. The van der Waals surface area contributed by atoms with E-state index >= 15 is 0 Å². The van der Waals surface area contributed by atoms with Gasteiger partial charge in [-0.2, -0.15) is 9.97 Å². The molecule has 0 atom stereocenters. The minimum atomic E-state index is 0.515. The molecule has 0 amide bonds. The topological polar surface area (TPSA) is 89.6 Å². The summed E-state index contributed by atoms with van der Waals surface area (Å²) < 4.78 is 4.89. The van der Waals surface area contributed by atoms with Crippen LogP contribution in [0.4, 0.5) is 11.8 Å². The van der Waals surface area contributed by atoms with E-state index in [1.807, 2.05) is 52.1 Å². The maximum atomic E-state index is 4.97. The molecule has 1 saturated heterocycles. The van der Waals surface area contributed by atoms with Gasteiger partial charge in [-0.1, -0.05) is 51.5 Å². The Kier molecular flexibility index (Phi) is 6.57. The van der Waals surface area contributed by atoms with Gasteiger partial charge < -0.3 is 14.8 Å². The first-order valence-electron chi connectivity index (χ1n) is 12.6. The molecule has 1 fully saturated rings. The van der Waals surface area contributed by atoms with Gasteiger partial charge in [0, 0.05) is 24.1 Å². The molecule has 0 bridgehead atoms. The van der Waals surface area contributed by atoms with Gasteiger partial charge in [0.05, 0.1) is 24.8 Å². The van der Waals surface area contributed by atoms with Crippen molar-refractivity contribution >= 4 is 38.9 Å². The zero-order valence-electron chi connectivity index (χ0n) is 20.7. The van der Waals surface area contributed by atoms with E-state index in [0.717, 1.165) is 70.3 Å². The number of aryl methyl sites for hydroxylation is 1. The number of piperidine rings is 1. The van der Waals surface area contributed by atoms with Gasteiger partial charge in [0.2, 0.25) is 5.95 Å². The number of hydrogen-bond donors (Lipinski definition) is 1. The molecule has 0 radical (unpaired) electrons. The van der Waals surface area contributed by atoms with Crippen LogP contribution in [0.2, 0.25) is 0 Å². The minimum Gasteiger partial charge on any atom is -0.364 e. The lowest BCUT2D eigenvalue weighted by Crippen LogP contribution is -2.31. The summed E-state index contributed by atoms with van der Waals surface area (Å²) >= 11 is 3.53. The van der Waals surface area contributed by atoms with Gasteiger partial charge in [-0.3, -0.25) is 0 Å². The van der Waals surface area contributed by atoms with Crippen molar-refractivity contribution in [1.82, 2.24) is 34.5 Å². The molecule has 1 aliphatic rings. The molecule has 6 rings (SSSR count). The normalized spacial score (nSPS) is 13.8. The Balaban J connectivity index is 1.32. The first-order chi connectivity index (χ1) is 18.1. The van der Waals surface area contributed by atoms with E-state index in [4.69, 9.17) is 15.0 Å². The van der Waals surface area contributed by atoms with Gasteiger partial charge in [-0.05, 0) is 55.5 Å². The van der Waals surface area contributed by atoms with E-state index in [-0.39, 0.29) is 0 Å². The molecule has 188 valence electrons. The Morgan fingerprint density at radius 1 is 1.00 bits per heavy atom. The number of fused-ring (bicyclic) bond motifs is 1. The summed E-state index contributed by atoms with van der Waals surface area (Å²) in [4.78, 5) is 16.9. The molecule has 3 aromatic heterocycles. The number of aromatic nitrogens is 7. The van der Waals surface area contributed by atoms with Crippen LogP contribution in [0.5, 0.6) is 0 Å². The summed E-state index contributed by atoms with van der Waals surface area (Å²) in [6.45, 7) is 5.19. The summed E-state index contributed by atoms with van der Waals surface area (Å²) in [7, 11) is 0. The van der Waals surface area contributed by atoms with Crippen LogP contribution in [0, 0.1) is 6.92 Å². The number of imidazole rings is 1. The molecule has 0 aliphatic carbocycles. The molecule has 5 aromatic rings. The Bertz CT molecular complexity index is 1520. The van der Waals surface area contributed by atoms with Crippen molar-refractivity contribution in [1.29, 1.82) is 0 Å². The zero-order chi connectivity index (χ0) is 25.2. The molecule has 0 spiro atoms. The number of hydrogen-bond acceptors (Lipinski definition) is 7. The van der Waals surface area contributed by atoms with Crippen molar-refractivity contribution in [2.75, 3.05) is 23.3 Å². The Morgan fingerprint density at radius 3 is 2.65 bits per heavy atom. The lowest BCUT2D eigenvalue weighted by molar-refractivity contribution is 0.568. The third-order valence-electron chi connectivity index (χ3n) is 6.67. The predicted octanol–water partition coefficient (Wildman–Crippen LogP) is 5.13. The van der Waals surface area contributed by atoms with Crippen LogP contribution in [0.25, 0.3) is 16.9 Å². The molecule has 4 heterocycles. The molecule has 10 heteroatoms. The fraction of sp³-hybridized carbons (Fsp3) is 0.296. The monoisotopic (exact) mass is 557 g/mol. The number of halogens is 1. The van der Waals surface area contributed by atoms with Gasteiger partial charge >= 0.3 is 0 Å². The van der Waals surface area contributed by atoms with Crippen LogP contribution in [-0.4, -0.2) is 47.6 Å². The second kappa shape index (κ2) is 10.3. The maximum absolute atomic E-state index is 4.97. The van der Waals surface area contributed by atoms with E-state index in [0.29, 0.717) is 13.1 Å². The molecule has 37 heavy (non-hydrogen) atoms. The van der Waals surface area contributed by atoms with Gasteiger partial charge in [0.25, 0.3) is 0 Å². The van der Waals surface area contributed by atoms with Crippen LogP contribution in [0.3, 0.4) is 0 Å². The first kappa shape index (κ1) is 23.6. The van der Waals surface area contributed by atoms with Crippen molar-refractivity contribution in [2.45, 2.75) is 39.3 Å². The van der Waals surface area contributed by atoms with Gasteiger partial charge in [0.1, 0.15) is 5.69 Å². The standard InChI is InChI=1S/C27H28BrN9/c1-19-14-21(28)10-11-23(19)37-17-22(33-34-37)16-36-18-30-24-25(29-15-20-8-4-2-5-9-20)31-27(32-26(24)36)35-12-6-3-7-13-35/h2,4-5,8-11,14,17-18H,3,6-7,12-13,15-16H2,1H3,(H,29,31,32). The Labute approximate surface area is 223 Å². The zero-order valence-corrected chi connectivity index (χ0v) is 22.3. The number of benzene rings is 2. The summed E-state index contributed by atoms with van der Waals surface area (Å²) in [6.07, 6.45) is 7.35. The van der Waals surface area contributed by atoms with Crippen LogP contribution >= 0.6 is 15.9 Å². The molecule has 1 aliphatic heterocycles.